The Bertz CT molecular complexity index is 524. The number of benzene rings is 1. The van der Waals surface area contributed by atoms with Crippen LogP contribution < -0.4 is 0 Å². The molecule has 0 saturated carbocycles. The van der Waals surface area contributed by atoms with E-state index in [0.29, 0.717) is 17.5 Å². The van der Waals surface area contributed by atoms with E-state index in [2.05, 4.69) is 10.1 Å². The van der Waals surface area contributed by atoms with Crippen LogP contribution in [0.1, 0.15) is 11.7 Å². The number of rotatable bonds is 4. The second-order valence-corrected chi connectivity index (χ2v) is 4.32. The predicted octanol–water partition coefficient (Wildman–Crippen LogP) is 2.58. The Kier molecular flexibility index (Phi) is 3.38. The van der Waals surface area contributed by atoms with E-state index in [-0.39, 0.29) is 5.69 Å². The molecule has 2 aromatic rings. The minimum Gasteiger partial charge on any atom is -0.340 e. The molecule has 17 heavy (non-hydrogen) atoms. The van der Waals surface area contributed by atoms with Crippen LogP contribution in [0.25, 0.3) is 0 Å². The number of aryl methyl sites for hydroxylation is 1. The molecule has 1 aromatic carbocycles. The Morgan fingerprint density at radius 2 is 2.12 bits per heavy atom. The van der Waals surface area contributed by atoms with Crippen LogP contribution in [-0.2, 0) is 5.75 Å². The lowest BCUT2D eigenvalue weighted by molar-refractivity contribution is -0.384. The van der Waals surface area contributed by atoms with Gasteiger partial charge in [-0.3, -0.25) is 10.1 Å². The Labute approximate surface area is 101 Å². The van der Waals surface area contributed by atoms with Crippen LogP contribution in [0.5, 0.6) is 0 Å². The molecule has 0 saturated heterocycles. The van der Waals surface area contributed by atoms with Gasteiger partial charge >= 0.3 is 0 Å². The Balaban J connectivity index is 1.97. The lowest BCUT2D eigenvalue weighted by Crippen LogP contribution is -1.87. The largest absolute Gasteiger partial charge is 0.340 e. The average Bonchev–Trinajstić information content (AvgIpc) is 2.73. The van der Waals surface area contributed by atoms with E-state index in [1.807, 2.05) is 0 Å². The highest BCUT2D eigenvalue weighted by molar-refractivity contribution is 7.98. The second-order valence-electron chi connectivity index (χ2n) is 3.27. The lowest BCUT2D eigenvalue weighted by atomic mass is 10.3. The Hall–Kier alpha value is -1.89. The van der Waals surface area contributed by atoms with Crippen LogP contribution in [0, 0.1) is 17.0 Å². The van der Waals surface area contributed by atoms with Crippen molar-refractivity contribution in [2.75, 3.05) is 0 Å². The summed E-state index contributed by atoms with van der Waals surface area (Å²) < 4.78 is 4.84. The van der Waals surface area contributed by atoms with Crippen molar-refractivity contribution in [2.45, 2.75) is 17.6 Å². The number of nitro groups is 1. The van der Waals surface area contributed by atoms with E-state index in [9.17, 15) is 10.1 Å². The highest BCUT2D eigenvalue weighted by Crippen LogP contribution is 2.23. The van der Waals surface area contributed by atoms with Crippen molar-refractivity contribution in [2.24, 2.45) is 0 Å². The topological polar surface area (TPSA) is 82.1 Å². The molecule has 0 aliphatic rings. The maximum Gasteiger partial charge on any atom is 0.269 e. The summed E-state index contributed by atoms with van der Waals surface area (Å²) >= 11 is 1.50. The highest BCUT2D eigenvalue weighted by Gasteiger charge is 2.06. The third kappa shape index (κ3) is 3.04. The highest BCUT2D eigenvalue weighted by atomic mass is 32.2. The van der Waals surface area contributed by atoms with E-state index < -0.39 is 4.92 Å². The standard InChI is InChI=1S/C10H9N3O3S/c1-7-11-10(12-16-7)6-17-9-4-2-8(3-5-9)13(14)15/h2-5H,6H2,1H3. The molecule has 0 spiro atoms. The van der Waals surface area contributed by atoms with Gasteiger partial charge in [-0.15, -0.1) is 11.8 Å². The molecular formula is C10H9N3O3S. The van der Waals surface area contributed by atoms with Gasteiger partial charge in [0.05, 0.1) is 10.7 Å². The molecule has 7 heteroatoms. The summed E-state index contributed by atoms with van der Waals surface area (Å²) in [7, 11) is 0. The molecule has 2 rings (SSSR count). The fourth-order valence-electron chi connectivity index (χ4n) is 1.21. The van der Waals surface area contributed by atoms with Crippen LogP contribution in [0.4, 0.5) is 5.69 Å². The molecule has 0 radical (unpaired) electrons. The first-order valence-electron chi connectivity index (χ1n) is 4.81. The molecule has 0 bridgehead atoms. The number of hydrogen-bond donors (Lipinski definition) is 0. The van der Waals surface area contributed by atoms with Crippen molar-refractivity contribution >= 4 is 17.4 Å². The Morgan fingerprint density at radius 3 is 2.65 bits per heavy atom. The Morgan fingerprint density at radius 1 is 1.41 bits per heavy atom. The van der Waals surface area contributed by atoms with Gasteiger partial charge in [-0.25, -0.2) is 0 Å². The summed E-state index contributed by atoms with van der Waals surface area (Å²) in [6.07, 6.45) is 0. The van der Waals surface area contributed by atoms with Gasteiger partial charge in [-0.1, -0.05) is 5.16 Å². The van der Waals surface area contributed by atoms with E-state index in [1.165, 1.54) is 23.9 Å². The van der Waals surface area contributed by atoms with Crippen LogP contribution in [0.15, 0.2) is 33.7 Å². The van der Waals surface area contributed by atoms with Crippen molar-refractivity contribution in [3.8, 4) is 0 Å². The van der Waals surface area contributed by atoms with Crippen LogP contribution in [0.2, 0.25) is 0 Å². The number of hydrogen-bond acceptors (Lipinski definition) is 6. The van der Waals surface area contributed by atoms with Crippen molar-refractivity contribution in [1.29, 1.82) is 0 Å². The fraction of sp³-hybridized carbons (Fsp3) is 0.200. The summed E-state index contributed by atoms with van der Waals surface area (Å²) in [5, 5.41) is 14.2. The van der Waals surface area contributed by atoms with Gasteiger partial charge in [0.2, 0.25) is 5.89 Å². The average molecular weight is 251 g/mol. The lowest BCUT2D eigenvalue weighted by Gasteiger charge is -1.97. The van der Waals surface area contributed by atoms with E-state index in [4.69, 9.17) is 4.52 Å². The molecule has 1 aromatic heterocycles. The molecule has 0 fully saturated rings. The minimum atomic E-state index is -0.420. The third-order valence-corrected chi connectivity index (χ3v) is 2.99. The van der Waals surface area contributed by atoms with Crippen LogP contribution in [-0.4, -0.2) is 15.1 Å². The zero-order chi connectivity index (χ0) is 12.3. The number of nitrogens with zero attached hydrogens (tertiary/aromatic N) is 3. The van der Waals surface area contributed by atoms with Gasteiger partial charge < -0.3 is 4.52 Å². The molecule has 0 atom stereocenters. The molecule has 0 N–H and O–H groups in total. The summed E-state index contributed by atoms with van der Waals surface area (Å²) in [6, 6.07) is 6.36. The molecule has 6 nitrogen and oxygen atoms in total. The van der Waals surface area contributed by atoms with Crippen LogP contribution >= 0.6 is 11.8 Å². The smallest absolute Gasteiger partial charge is 0.269 e. The summed E-state index contributed by atoms with van der Waals surface area (Å²) in [6.45, 7) is 1.73. The zero-order valence-corrected chi connectivity index (χ0v) is 9.81. The summed E-state index contributed by atoms with van der Waals surface area (Å²) in [4.78, 5) is 15.0. The van der Waals surface area contributed by atoms with Crippen molar-refractivity contribution in [1.82, 2.24) is 10.1 Å². The van der Waals surface area contributed by atoms with Gasteiger partial charge in [0, 0.05) is 24.0 Å². The molecule has 1 heterocycles. The molecular weight excluding hydrogens is 242 g/mol. The van der Waals surface area contributed by atoms with Gasteiger partial charge in [-0.2, -0.15) is 4.98 Å². The van der Waals surface area contributed by atoms with Gasteiger partial charge in [0.25, 0.3) is 5.69 Å². The number of non-ortho nitro benzene ring substituents is 1. The summed E-state index contributed by atoms with van der Waals surface area (Å²) in [5.74, 6) is 1.73. The van der Waals surface area contributed by atoms with Crippen molar-refractivity contribution < 1.29 is 9.45 Å². The fourth-order valence-corrected chi connectivity index (χ4v) is 1.95. The van der Waals surface area contributed by atoms with Gasteiger partial charge in [-0.05, 0) is 12.1 Å². The molecule has 0 aliphatic heterocycles. The maximum absolute atomic E-state index is 10.5. The predicted molar refractivity (Wildman–Crippen MR) is 61.7 cm³/mol. The van der Waals surface area contributed by atoms with Crippen molar-refractivity contribution in [3.63, 3.8) is 0 Å². The first kappa shape index (κ1) is 11.6. The first-order chi connectivity index (χ1) is 8.15. The molecule has 0 unspecified atom stereocenters. The molecule has 0 aliphatic carbocycles. The normalized spacial score (nSPS) is 10.4. The maximum atomic E-state index is 10.5. The quantitative estimate of drug-likeness (QED) is 0.472. The number of thioether (sulfide) groups is 1. The van der Waals surface area contributed by atoms with Gasteiger partial charge in [0.1, 0.15) is 0 Å². The van der Waals surface area contributed by atoms with E-state index in [0.717, 1.165) is 4.90 Å². The monoisotopic (exact) mass is 251 g/mol. The number of aromatic nitrogens is 2. The van der Waals surface area contributed by atoms with E-state index >= 15 is 0 Å². The van der Waals surface area contributed by atoms with E-state index in [1.54, 1.807) is 19.1 Å². The molecule has 88 valence electrons. The SMILES string of the molecule is Cc1nc(CSc2ccc([N+](=O)[O-])cc2)no1. The third-order valence-electron chi connectivity index (χ3n) is 1.99. The summed E-state index contributed by atoms with van der Waals surface area (Å²) in [5.41, 5.74) is 0.0877. The first-order valence-corrected chi connectivity index (χ1v) is 5.80. The van der Waals surface area contributed by atoms with Crippen LogP contribution in [0.3, 0.4) is 0 Å². The van der Waals surface area contributed by atoms with Crippen molar-refractivity contribution in [3.05, 3.63) is 46.1 Å². The second kappa shape index (κ2) is 4.96. The zero-order valence-electron chi connectivity index (χ0n) is 8.99. The number of nitro benzene ring substituents is 1. The minimum absolute atomic E-state index is 0.0877. The van der Waals surface area contributed by atoms with Gasteiger partial charge in [0.15, 0.2) is 5.82 Å². The molecule has 0 amide bonds.